The van der Waals surface area contributed by atoms with E-state index in [1.54, 1.807) is 12.4 Å². The van der Waals surface area contributed by atoms with Gasteiger partial charge >= 0.3 is 0 Å². The van der Waals surface area contributed by atoms with Crippen molar-refractivity contribution in [2.24, 2.45) is 5.92 Å². The van der Waals surface area contributed by atoms with E-state index in [4.69, 9.17) is 0 Å². The number of piperazine rings is 1. The van der Waals surface area contributed by atoms with E-state index in [0.29, 0.717) is 24.0 Å². The first-order chi connectivity index (χ1) is 13.0. The summed E-state index contributed by atoms with van der Waals surface area (Å²) in [6.45, 7) is 9.02. The summed E-state index contributed by atoms with van der Waals surface area (Å²) < 4.78 is 0. The Labute approximate surface area is 160 Å². The molecule has 1 aliphatic rings. The topological polar surface area (TPSA) is 73.4 Å². The minimum atomic E-state index is -0.147. The molecule has 2 N–H and O–H groups in total. The van der Waals surface area contributed by atoms with E-state index in [-0.39, 0.29) is 5.91 Å². The zero-order chi connectivity index (χ0) is 19.2. The summed E-state index contributed by atoms with van der Waals surface area (Å²) in [6, 6.07) is 8.28. The van der Waals surface area contributed by atoms with Gasteiger partial charge in [-0.2, -0.15) is 0 Å². The van der Waals surface area contributed by atoms with Gasteiger partial charge in [0.25, 0.3) is 5.91 Å². The molecule has 1 saturated heterocycles. The molecule has 1 aromatic heterocycles. The SMILES string of the molecule is CC(C)CNC(=O)c1cnc(Nc2ccc(N3CCN(C)CC3)cc2)nc1. The van der Waals surface area contributed by atoms with Crippen LogP contribution >= 0.6 is 0 Å². The van der Waals surface area contributed by atoms with E-state index >= 15 is 0 Å². The minimum absolute atomic E-state index is 0.147. The van der Waals surface area contributed by atoms with Gasteiger partial charge in [0.05, 0.1) is 5.56 Å². The van der Waals surface area contributed by atoms with E-state index in [2.05, 4.69) is 63.4 Å². The molecule has 0 unspecified atom stereocenters. The molecule has 0 spiro atoms. The molecule has 1 aromatic carbocycles. The van der Waals surface area contributed by atoms with Gasteiger partial charge in [-0.25, -0.2) is 9.97 Å². The summed E-state index contributed by atoms with van der Waals surface area (Å²) >= 11 is 0. The number of amides is 1. The van der Waals surface area contributed by atoms with Crippen LogP contribution in [0.5, 0.6) is 0 Å². The highest BCUT2D eigenvalue weighted by Crippen LogP contribution is 2.20. The molecule has 0 saturated carbocycles. The number of rotatable bonds is 6. The van der Waals surface area contributed by atoms with Gasteiger partial charge in [0.15, 0.2) is 0 Å². The van der Waals surface area contributed by atoms with Crippen LogP contribution in [0.4, 0.5) is 17.3 Å². The van der Waals surface area contributed by atoms with Crippen molar-refractivity contribution in [1.29, 1.82) is 0 Å². The molecule has 1 fully saturated rings. The Morgan fingerprint density at radius 3 is 2.30 bits per heavy atom. The van der Waals surface area contributed by atoms with Crippen LogP contribution in [0.1, 0.15) is 24.2 Å². The van der Waals surface area contributed by atoms with Gasteiger partial charge in [-0.3, -0.25) is 4.79 Å². The minimum Gasteiger partial charge on any atom is -0.369 e. The van der Waals surface area contributed by atoms with Crippen molar-refractivity contribution < 1.29 is 4.79 Å². The lowest BCUT2D eigenvalue weighted by atomic mass is 10.2. The number of anilines is 3. The second kappa shape index (κ2) is 8.81. The molecule has 0 aliphatic carbocycles. The predicted molar refractivity (Wildman–Crippen MR) is 109 cm³/mol. The highest BCUT2D eigenvalue weighted by molar-refractivity contribution is 5.93. The zero-order valence-corrected chi connectivity index (χ0v) is 16.3. The first kappa shape index (κ1) is 19.1. The van der Waals surface area contributed by atoms with Crippen LogP contribution in [0.25, 0.3) is 0 Å². The second-order valence-corrected chi connectivity index (χ2v) is 7.36. The molecule has 0 radical (unpaired) electrons. The van der Waals surface area contributed by atoms with Crippen molar-refractivity contribution in [2.45, 2.75) is 13.8 Å². The molecule has 1 amide bonds. The third-order valence-corrected chi connectivity index (χ3v) is 4.58. The van der Waals surface area contributed by atoms with Crippen molar-refractivity contribution >= 4 is 23.2 Å². The predicted octanol–water partition coefficient (Wildman–Crippen LogP) is 2.36. The fraction of sp³-hybridized carbons (Fsp3) is 0.450. The van der Waals surface area contributed by atoms with Crippen LogP contribution in [-0.2, 0) is 0 Å². The second-order valence-electron chi connectivity index (χ2n) is 7.36. The maximum absolute atomic E-state index is 12.0. The van der Waals surface area contributed by atoms with Crippen molar-refractivity contribution in [3.63, 3.8) is 0 Å². The summed E-state index contributed by atoms with van der Waals surface area (Å²) in [5.41, 5.74) is 2.61. The Hall–Kier alpha value is -2.67. The molecule has 0 bridgehead atoms. The van der Waals surface area contributed by atoms with E-state index < -0.39 is 0 Å². The maximum atomic E-state index is 12.0. The summed E-state index contributed by atoms with van der Waals surface area (Å²) in [7, 11) is 2.16. The van der Waals surface area contributed by atoms with Gasteiger partial charge < -0.3 is 20.4 Å². The third kappa shape index (κ3) is 5.40. The fourth-order valence-corrected chi connectivity index (χ4v) is 2.86. The van der Waals surface area contributed by atoms with E-state index in [0.717, 1.165) is 31.9 Å². The Balaban J connectivity index is 1.56. The van der Waals surface area contributed by atoms with Crippen LogP contribution in [-0.4, -0.2) is 60.5 Å². The summed E-state index contributed by atoms with van der Waals surface area (Å²) in [4.78, 5) is 25.2. The molecule has 2 aromatic rings. The number of carbonyl (C=O) groups is 1. The van der Waals surface area contributed by atoms with Gasteiger partial charge in [0.1, 0.15) is 0 Å². The zero-order valence-electron chi connectivity index (χ0n) is 16.3. The van der Waals surface area contributed by atoms with Crippen molar-refractivity contribution in [1.82, 2.24) is 20.2 Å². The lowest BCUT2D eigenvalue weighted by molar-refractivity contribution is 0.0948. The first-order valence-corrected chi connectivity index (χ1v) is 9.42. The monoisotopic (exact) mass is 368 g/mol. The number of hydrogen-bond acceptors (Lipinski definition) is 6. The highest BCUT2D eigenvalue weighted by atomic mass is 16.1. The smallest absolute Gasteiger partial charge is 0.254 e. The fourth-order valence-electron chi connectivity index (χ4n) is 2.86. The van der Waals surface area contributed by atoms with Crippen LogP contribution in [0.2, 0.25) is 0 Å². The lowest BCUT2D eigenvalue weighted by Gasteiger charge is -2.34. The van der Waals surface area contributed by atoms with Gasteiger partial charge in [-0.05, 0) is 37.2 Å². The standard InChI is InChI=1S/C20H28N6O/c1-15(2)12-21-19(27)16-13-22-20(23-14-16)24-17-4-6-18(7-5-17)26-10-8-25(3)9-11-26/h4-7,13-15H,8-12H2,1-3H3,(H,21,27)(H,22,23,24). The Kier molecular flexibility index (Phi) is 6.24. The number of nitrogens with zero attached hydrogens (tertiary/aromatic N) is 4. The first-order valence-electron chi connectivity index (χ1n) is 9.42. The third-order valence-electron chi connectivity index (χ3n) is 4.58. The molecule has 2 heterocycles. The quantitative estimate of drug-likeness (QED) is 0.815. The van der Waals surface area contributed by atoms with E-state index in [1.165, 1.54) is 5.69 Å². The molecule has 0 atom stereocenters. The number of nitrogens with one attached hydrogen (secondary N) is 2. The van der Waals surface area contributed by atoms with E-state index in [1.807, 2.05) is 12.1 Å². The normalized spacial score (nSPS) is 15.0. The maximum Gasteiger partial charge on any atom is 0.254 e. The van der Waals surface area contributed by atoms with Gasteiger partial charge in [0, 0.05) is 56.5 Å². The van der Waals surface area contributed by atoms with E-state index in [9.17, 15) is 4.79 Å². The molecule has 1 aliphatic heterocycles. The summed E-state index contributed by atoms with van der Waals surface area (Å²) in [5, 5.41) is 6.04. The number of benzene rings is 1. The van der Waals surface area contributed by atoms with Crippen LogP contribution in [0, 0.1) is 5.92 Å². The van der Waals surface area contributed by atoms with Gasteiger partial charge in [-0.1, -0.05) is 13.8 Å². The molecular formula is C20H28N6O. The lowest BCUT2D eigenvalue weighted by Crippen LogP contribution is -2.44. The van der Waals surface area contributed by atoms with Crippen LogP contribution < -0.4 is 15.5 Å². The molecule has 144 valence electrons. The molecule has 27 heavy (non-hydrogen) atoms. The average Bonchev–Trinajstić information content (AvgIpc) is 2.68. The largest absolute Gasteiger partial charge is 0.369 e. The average molecular weight is 368 g/mol. The molecule has 7 heteroatoms. The number of aromatic nitrogens is 2. The van der Waals surface area contributed by atoms with Gasteiger partial charge in [-0.15, -0.1) is 0 Å². The Morgan fingerprint density at radius 2 is 1.70 bits per heavy atom. The van der Waals surface area contributed by atoms with Crippen molar-refractivity contribution in [2.75, 3.05) is 50.0 Å². The summed E-state index contributed by atoms with van der Waals surface area (Å²) in [6.07, 6.45) is 3.09. The van der Waals surface area contributed by atoms with Crippen molar-refractivity contribution in [3.8, 4) is 0 Å². The Morgan fingerprint density at radius 1 is 1.07 bits per heavy atom. The highest BCUT2D eigenvalue weighted by Gasteiger charge is 2.14. The number of hydrogen-bond donors (Lipinski definition) is 2. The summed E-state index contributed by atoms with van der Waals surface area (Å²) in [5.74, 6) is 0.735. The molecular weight excluding hydrogens is 340 g/mol. The van der Waals surface area contributed by atoms with Crippen molar-refractivity contribution in [3.05, 3.63) is 42.2 Å². The van der Waals surface area contributed by atoms with Gasteiger partial charge in [0.2, 0.25) is 5.95 Å². The Bertz CT molecular complexity index is 736. The molecule has 3 rings (SSSR count). The van der Waals surface area contributed by atoms with Crippen LogP contribution in [0.15, 0.2) is 36.7 Å². The van der Waals surface area contributed by atoms with Crippen LogP contribution in [0.3, 0.4) is 0 Å². The molecule has 7 nitrogen and oxygen atoms in total. The number of carbonyl (C=O) groups excluding carboxylic acids is 1. The number of likely N-dealkylation sites (N-methyl/N-ethyl adjacent to an activating group) is 1.